The van der Waals surface area contributed by atoms with Gasteiger partial charge in [0.1, 0.15) is 0 Å². The normalized spacial score (nSPS) is 18.3. The fourth-order valence-corrected chi connectivity index (χ4v) is 1.45. The van der Waals surface area contributed by atoms with Gasteiger partial charge < -0.3 is 0 Å². The minimum atomic E-state index is 1.26. The number of allylic oxidation sites excluding steroid dienone is 3. The molecule has 1 aliphatic heterocycles. The molecule has 0 saturated carbocycles. The molecule has 0 saturated heterocycles. The van der Waals surface area contributed by atoms with E-state index in [0.717, 1.165) is 0 Å². The molecule has 0 radical (unpaired) electrons. The summed E-state index contributed by atoms with van der Waals surface area (Å²) in [6.07, 6.45) is 2.04. The van der Waals surface area contributed by atoms with Crippen LogP contribution in [0, 0.1) is 0 Å². The van der Waals surface area contributed by atoms with Crippen LogP contribution in [0.3, 0.4) is 0 Å². The van der Waals surface area contributed by atoms with Crippen LogP contribution in [0.2, 0.25) is 0 Å². The molecule has 0 aromatic carbocycles. The molecule has 0 fully saturated rings. The lowest BCUT2D eigenvalue weighted by molar-refractivity contribution is 1.43. The number of hydrogen-bond donors (Lipinski definition) is 0. The van der Waals surface area contributed by atoms with Gasteiger partial charge in [0.2, 0.25) is 0 Å². The van der Waals surface area contributed by atoms with Gasteiger partial charge in [0.15, 0.2) is 0 Å². The predicted molar refractivity (Wildman–Crippen MR) is 43.2 cm³/mol. The van der Waals surface area contributed by atoms with E-state index < -0.39 is 0 Å². The fraction of sp³-hybridized carbons (Fsp3) is 0.375. The van der Waals surface area contributed by atoms with Crippen LogP contribution < -0.4 is 0 Å². The zero-order valence-electron chi connectivity index (χ0n) is 5.99. The van der Waals surface area contributed by atoms with E-state index in [1.165, 1.54) is 15.4 Å². The van der Waals surface area contributed by atoms with Crippen molar-refractivity contribution < 1.29 is 0 Å². The highest BCUT2D eigenvalue weighted by molar-refractivity contribution is 8.06. The van der Waals surface area contributed by atoms with Crippen LogP contribution in [0.5, 0.6) is 0 Å². The molecular weight excluding hydrogens is 128 g/mol. The van der Waals surface area contributed by atoms with Crippen molar-refractivity contribution in [2.45, 2.75) is 20.8 Å². The van der Waals surface area contributed by atoms with Crippen molar-refractivity contribution >= 4 is 11.8 Å². The molecule has 1 heterocycles. The van der Waals surface area contributed by atoms with Crippen molar-refractivity contribution in [3.63, 3.8) is 0 Å². The van der Waals surface area contributed by atoms with Crippen LogP contribution in [-0.2, 0) is 0 Å². The minimum absolute atomic E-state index is 1.26. The quantitative estimate of drug-likeness (QED) is 0.463. The maximum absolute atomic E-state index is 3.16. The molecule has 0 aromatic rings. The molecule has 0 bridgehead atoms. The van der Waals surface area contributed by atoms with E-state index in [1.54, 1.807) is 11.8 Å². The first kappa shape index (κ1) is 6.73. The van der Waals surface area contributed by atoms with Gasteiger partial charge in [-0.25, -0.2) is 0 Å². The summed E-state index contributed by atoms with van der Waals surface area (Å²) in [6, 6.07) is 0. The second kappa shape index (κ2) is 2.47. The molecule has 1 rings (SSSR count). The molecule has 0 aliphatic carbocycles. The largest absolute Gasteiger partial charge is 0.110 e. The maximum atomic E-state index is 3.16. The van der Waals surface area contributed by atoms with Gasteiger partial charge in [0.25, 0.3) is 0 Å². The van der Waals surface area contributed by atoms with Crippen molar-refractivity contribution in [3.05, 3.63) is 27.2 Å². The Morgan fingerprint density at radius 3 is 2.44 bits per heavy atom. The first-order valence-electron chi connectivity index (χ1n) is 2.99. The molecule has 0 unspecified atom stereocenters. The molecule has 1 heteroatoms. The first-order chi connectivity index (χ1) is 4.20. The summed E-state index contributed by atoms with van der Waals surface area (Å²) in [5.41, 5.74) is 4.50. The third-order valence-electron chi connectivity index (χ3n) is 1.35. The predicted octanol–water partition coefficient (Wildman–Crippen LogP) is 3.09. The van der Waals surface area contributed by atoms with Gasteiger partial charge in [-0.2, -0.15) is 0 Å². The summed E-state index contributed by atoms with van der Waals surface area (Å²) in [7, 11) is 0. The monoisotopic (exact) mass is 138 g/mol. The lowest BCUT2D eigenvalue weighted by atomic mass is 10.3. The van der Waals surface area contributed by atoms with Crippen LogP contribution in [0.1, 0.15) is 20.8 Å². The van der Waals surface area contributed by atoms with Crippen LogP contribution in [0.25, 0.3) is 0 Å². The highest BCUT2D eigenvalue weighted by Gasteiger charge is 1.99. The first-order valence-corrected chi connectivity index (χ1v) is 3.80. The molecule has 0 N–H and O–H groups in total. The smallest absolute Gasteiger partial charge is 0.0281 e. The van der Waals surface area contributed by atoms with Crippen LogP contribution in [-0.4, -0.2) is 0 Å². The summed E-state index contributed by atoms with van der Waals surface area (Å²) >= 11 is 1.80. The van der Waals surface area contributed by atoms with E-state index in [-0.39, 0.29) is 0 Å². The lowest BCUT2D eigenvalue weighted by Crippen LogP contribution is -1.79. The number of rotatable bonds is 0. The van der Waals surface area contributed by atoms with Gasteiger partial charge in [-0.05, 0) is 37.3 Å². The SMILES string of the molecule is CC1=C=CC(C)=C(C)S1. The second-order valence-electron chi connectivity index (χ2n) is 2.19. The van der Waals surface area contributed by atoms with E-state index in [4.69, 9.17) is 0 Å². The topological polar surface area (TPSA) is 0 Å². The molecule has 0 aromatic heterocycles. The van der Waals surface area contributed by atoms with Gasteiger partial charge in [-0.3, -0.25) is 0 Å². The summed E-state index contributed by atoms with van der Waals surface area (Å²) in [5.74, 6) is 0. The zero-order valence-corrected chi connectivity index (χ0v) is 6.80. The average molecular weight is 138 g/mol. The highest BCUT2D eigenvalue weighted by atomic mass is 32.2. The summed E-state index contributed by atoms with van der Waals surface area (Å²) < 4.78 is 0. The molecular formula is C8H10S. The minimum Gasteiger partial charge on any atom is -0.110 e. The van der Waals surface area contributed by atoms with Crippen molar-refractivity contribution in [3.8, 4) is 0 Å². The highest BCUT2D eigenvalue weighted by Crippen LogP contribution is 2.29. The molecule has 9 heavy (non-hydrogen) atoms. The number of thioether (sulfide) groups is 1. The van der Waals surface area contributed by atoms with Crippen LogP contribution in [0.15, 0.2) is 27.2 Å². The molecule has 0 atom stereocenters. The fourth-order valence-electron chi connectivity index (χ4n) is 0.651. The Kier molecular flexibility index (Phi) is 1.84. The summed E-state index contributed by atoms with van der Waals surface area (Å²) in [6.45, 7) is 6.33. The Balaban J connectivity index is 2.96. The molecule has 0 nitrogen and oxygen atoms in total. The van der Waals surface area contributed by atoms with Gasteiger partial charge >= 0.3 is 0 Å². The molecule has 1 aliphatic rings. The van der Waals surface area contributed by atoms with E-state index in [1.807, 2.05) is 6.08 Å². The Bertz CT molecular complexity index is 215. The van der Waals surface area contributed by atoms with Crippen LogP contribution in [0.4, 0.5) is 0 Å². The molecule has 0 spiro atoms. The van der Waals surface area contributed by atoms with Crippen molar-refractivity contribution in [2.75, 3.05) is 0 Å². The second-order valence-corrected chi connectivity index (χ2v) is 3.61. The van der Waals surface area contributed by atoms with E-state index >= 15 is 0 Å². The maximum Gasteiger partial charge on any atom is 0.0281 e. The van der Waals surface area contributed by atoms with Gasteiger partial charge in [-0.15, -0.1) is 5.73 Å². The molecule has 48 valence electrons. The summed E-state index contributed by atoms with van der Waals surface area (Å²) in [5, 5.41) is 0. The Morgan fingerprint density at radius 1 is 1.33 bits per heavy atom. The molecule has 0 amide bonds. The lowest BCUT2D eigenvalue weighted by Gasteiger charge is -2.05. The van der Waals surface area contributed by atoms with Crippen molar-refractivity contribution in [1.29, 1.82) is 0 Å². The third-order valence-corrected chi connectivity index (χ3v) is 2.41. The van der Waals surface area contributed by atoms with E-state index in [0.29, 0.717) is 0 Å². The van der Waals surface area contributed by atoms with Crippen molar-refractivity contribution in [1.82, 2.24) is 0 Å². The third kappa shape index (κ3) is 1.51. The average Bonchev–Trinajstić information content (AvgIpc) is 1.80. The Labute approximate surface area is 60.3 Å². The van der Waals surface area contributed by atoms with Crippen molar-refractivity contribution in [2.24, 2.45) is 0 Å². The van der Waals surface area contributed by atoms with E-state index in [2.05, 4.69) is 26.5 Å². The number of hydrogen-bond acceptors (Lipinski definition) is 1. The Morgan fingerprint density at radius 2 is 2.00 bits per heavy atom. The van der Waals surface area contributed by atoms with Gasteiger partial charge in [-0.1, -0.05) is 11.8 Å². The Hall–Kier alpha value is -0.390. The van der Waals surface area contributed by atoms with Gasteiger partial charge in [0, 0.05) is 4.91 Å². The van der Waals surface area contributed by atoms with Crippen LogP contribution >= 0.6 is 11.8 Å². The van der Waals surface area contributed by atoms with Gasteiger partial charge in [0.05, 0.1) is 0 Å². The standard InChI is InChI=1S/C8H10S/c1-6-4-5-7(2)9-8(6)3/h4H,1-3H3. The summed E-state index contributed by atoms with van der Waals surface area (Å²) in [4.78, 5) is 2.66. The van der Waals surface area contributed by atoms with E-state index in [9.17, 15) is 0 Å². The zero-order chi connectivity index (χ0) is 6.85.